The van der Waals surface area contributed by atoms with E-state index >= 15 is 0 Å². The van der Waals surface area contributed by atoms with Crippen molar-refractivity contribution in [1.29, 1.82) is 0 Å². The van der Waals surface area contributed by atoms with Crippen molar-refractivity contribution in [2.45, 2.75) is 20.8 Å². The van der Waals surface area contributed by atoms with Crippen LogP contribution in [0.2, 0.25) is 0 Å². The predicted molar refractivity (Wildman–Crippen MR) is 58.8 cm³/mol. The zero-order chi connectivity index (χ0) is 11.5. The average molecular weight is 209 g/mol. The summed E-state index contributed by atoms with van der Waals surface area (Å²) in [4.78, 5) is 13.9. The molecule has 1 rings (SSSR count). The van der Waals surface area contributed by atoms with Crippen molar-refractivity contribution in [2.75, 3.05) is 11.9 Å². The minimum atomic E-state index is -0.481. The van der Waals surface area contributed by atoms with Crippen LogP contribution < -0.4 is 5.32 Å². The molecule has 0 unspecified atom stereocenters. The Morgan fingerprint density at radius 2 is 2.20 bits per heavy atom. The first-order valence-corrected chi connectivity index (χ1v) is 4.73. The average Bonchev–Trinajstić information content (AvgIpc) is 2.14. The van der Waals surface area contributed by atoms with Crippen molar-refractivity contribution in [3.63, 3.8) is 0 Å². The van der Waals surface area contributed by atoms with Gasteiger partial charge in [0.2, 0.25) is 0 Å². The van der Waals surface area contributed by atoms with Crippen LogP contribution in [0, 0.1) is 15.5 Å². The first kappa shape index (κ1) is 11.4. The number of rotatable bonds is 3. The first-order chi connectivity index (χ1) is 6.90. The van der Waals surface area contributed by atoms with Gasteiger partial charge in [0.1, 0.15) is 11.9 Å². The molecule has 0 saturated carbocycles. The van der Waals surface area contributed by atoms with Crippen LogP contribution in [0.3, 0.4) is 0 Å². The highest BCUT2D eigenvalue weighted by Crippen LogP contribution is 2.22. The van der Waals surface area contributed by atoms with Gasteiger partial charge in [-0.2, -0.15) is 0 Å². The summed E-state index contributed by atoms with van der Waals surface area (Å²) in [5, 5.41) is 13.7. The van der Waals surface area contributed by atoms with Crippen LogP contribution in [-0.4, -0.2) is 16.5 Å². The Morgan fingerprint density at radius 1 is 1.53 bits per heavy atom. The molecule has 5 heteroatoms. The van der Waals surface area contributed by atoms with Gasteiger partial charge in [0, 0.05) is 6.54 Å². The van der Waals surface area contributed by atoms with Crippen LogP contribution in [-0.2, 0) is 0 Å². The predicted octanol–water partition coefficient (Wildman–Crippen LogP) is 2.45. The van der Waals surface area contributed by atoms with E-state index in [-0.39, 0.29) is 11.2 Å². The van der Waals surface area contributed by atoms with Crippen molar-refractivity contribution in [2.24, 2.45) is 5.41 Å². The molecule has 0 atom stereocenters. The molecule has 0 aliphatic rings. The fraction of sp³-hybridized carbons (Fsp3) is 0.500. The molecular formula is C10H15N3O2. The Bertz CT molecular complexity index is 358. The van der Waals surface area contributed by atoms with Crippen molar-refractivity contribution in [3.8, 4) is 0 Å². The molecule has 1 aromatic rings. The quantitative estimate of drug-likeness (QED) is 0.613. The summed E-state index contributed by atoms with van der Waals surface area (Å²) in [5.74, 6) is -0.123. The van der Waals surface area contributed by atoms with Gasteiger partial charge in [-0.1, -0.05) is 20.8 Å². The molecular weight excluding hydrogens is 194 g/mol. The van der Waals surface area contributed by atoms with Crippen molar-refractivity contribution < 1.29 is 4.92 Å². The molecule has 15 heavy (non-hydrogen) atoms. The Balaban J connectivity index is 2.81. The maximum atomic E-state index is 10.6. The third kappa shape index (κ3) is 3.53. The lowest BCUT2D eigenvalue weighted by molar-refractivity contribution is -0.388. The highest BCUT2D eigenvalue weighted by atomic mass is 16.6. The summed E-state index contributed by atoms with van der Waals surface area (Å²) in [6.07, 6.45) is 1.42. The molecule has 0 saturated heterocycles. The lowest BCUT2D eigenvalue weighted by atomic mass is 9.97. The molecule has 1 aromatic heterocycles. The van der Waals surface area contributed by atoms with E-state index in [1.807, 2.05) is 0 Å². The van der Waals surface area contributed by atoms with Gasteiger partial charge in [0.25, 0.3) is 0 Å². The van der Waals surface area contributed by atoms with Crippen molar-refractivity contribution >= 4 is 11.5 Å². The second-order valence-corrected chi connectivity index (χ2v) is 4.55. The third-order valence-corrected chi connectivity index (χ3v) is 1.77. The van der Waals surface area contributed by atoms with Gasteiger partial charge in [0.05, 0.1) is 0 Å². The molecule has 0 spiro atoms. The zero-order valence-corrected chi connectivity index (χ0v) is 9.15. The van der Waals surface area contributed by atoms with E-state index in [2.05, 4.69) is 31.1 Å². The maximum Gasteiger partial charge on any atom is 0.386 e. The molecule has 0 radical (unpaired) electrons. The number of aromatic nitrogens is 1. The van der Waals surface area contributed by atoms with E-state index < -0.39 is 4.92 Å². The molecule has 0 aliphatic heterocycles. The third-order valence-electron chi connectivity index (χ3n) is 1.77. The summed E-state index contributed by atoms with van der Waals surface area (Å²) < 4.78 is 0. The number of nitrogens with zero attached hydrogens (tertiary/aromatic N) is 2. The van der Waals surface area contributed by atoms with Gasteiger partial charge < -0.3 is 15.4 Å². The smallest absolute Gasteiger partial charge is 0.378 e. The molecule has 0 aliphatic carbocycles. The van der Waals surface area contributed by atoms with Gasteiger partial charge in [-0.05, 0) is 27.5 Å². The van der Waals surface area contributed by atoms with Crippen LogP contribution in [0.4, 0.5) is 11.5 Å². The topological polar surface area (TPSA) is 68.1 Å². The summed E-state index contributed by atoms with van der Waals surface area (Å²) >= 11 is 0. The fourth-order valence-electron chi connectivity index (χ4n) is 1.04. The SMILES string of the molecule is CC(C)(C)CNc1cccnc1[N+](=O)[O-]. The van der Waals surface area contributed by atoms with Gasteiger partial charge in [0.15, 0.2) is 0 Å². The minimum Gasteiger partial charge on any atom is -0.378 e. The number of pyridine rings is 1. The van der Waals surface area contributed by atoms with Crippen LogP contribution in [0.1, 0.15) is 20.8 Å². The Kier molecular flexibility index (Phi) is 3.24. The number of nitrogens with one attached hydrogen (secondary N) is 1. The second kappa shape index (κ2) is 4.25. The largest absolute Gasteiger partial charge is 0.386 e. The van der Waals surface area contributed by atoms with E-state index in [1.54, 1.807) is 12.1 Å². The molecule has 82 valence electrons. The Hall–Kier alpha value is -1.65. The van der Waals surface area contributed by atoms with Crippen molar-refractivity contribution in [1.82, 2.24) is 4.98 Å². The maximum absolute atomic E-state index is 10.6. The van der Waals surface area contributed by atoms with Gasteiger partial charge >= 0.3 is 5.82 Å². The molecule has 1 heterocycles. The van der Waals surface area contributed by atoms with Crippen LogP contribution in [0.5, 0.6) is 0 Å². The van der Waals surface area contributed by atoms with E-state index in [9.17, 15) is 10.1 Å². The Morgan fingerprint density at radius 3 is 2.73 bits per heavy atom. The second-order valence-electron chi connectivity index (χ2n) is 4.55. The number of anilines is 1. The molecule has 5 nitrogen and oxygen atoms in total. The van der Waals surface area contributed by atoms with Crippen LogP contribution >= 0.6 is 0 Å². The van der Waals surface area contributed by atoms with E-state index in [4.69, 9.17) is 0 Å². The first-order valence-electron chi connectivity index (χ1n) is 4.73. The van der Waals surface area contributed by atoms with Crippen LogP contribution in [0.25, 0.3) is 0 Å². The zero-order valence-electron chi connectivity index (χ0n) is 9.15. The molecule has 0 aromatic carbocycles. The standard InChI is InChI=1S/C10H15N3O2/c1-10(2,3)7-12-8-5-4-6-11-9(8)13(14)15/h4-6,12H,7H2,1-3H3. The highest BCUT2D eigenvalue weighted by molar-refractivity contribution is 5.56. The summed E-state index contributed by atoms with van der Waals surface area (Å²) in [6.45, 7) is 6.84. The van der Waals surface area contributed by atoms with E-state index in [0.29, 0.717) is 12.2 Å². The Labute approximate surface area is 88.7 Å². The van der Waals surface area contributed by atoms with Crippen molar-refractivity contribution in [3.05, 3.63) is 28.4 Å². The fourth-order valence-corrected chi connectivity index (χ4v) is 1.04. The van der Waals surface area contributed by atoms with Gasteiger partial charge in [-0.25, -0.2) is 0 Å². The lowest BCUT2D eigenvalue weighted by Gasteiger charge is -2.19. The molecule has 0 bridgehead atoms. The number of hydrogen-bond acceptors (Lipinski definition) is 4. The van der Waals surface area contributed by atoms with Crippen LogP contribution in [0.15, 0.2) is 18.3 Å². The molecule has 1 N–H and O–H groups in total. The number of nitro groups is 1. The number of hydrogen-bond donors (Lipinski definition) is 1. The monoisotopic (exact) mass is 209 g/mol. The minimum absolute atomic E-state index is 0.0731. The normalized spacial score (nSPS) is 11.1. The van der Waals surface area contributed by atoms with E-state index in [0.717, 1.165) is 0 Å². The summed E-state index contributed by atoms with van der Waals surface area (Å²) in [5.41, 5.74) is 0.543. The van der Waals surface area contributed by atoms with E-state index in [1.165, 1.54) is 6.20 Å². The van der Waals surface area contributed by atoms with Gasteiger partial charge in [-0.15, -0.1) is 0 Å². The lowest BCUT2D eigenvalue weighted by Crippen LogP contribution is -2.19. The summed E-state index contributed by atoms with van der Waals surface area (Å²) in [7, 11) is 0. The van der Waals surface area contributed by atoms with Gasteiger partial charge in [-0.3, -0.25) is 0 Å². The molecule has 0 fully saturated rings. The highest BCUT2D eigenvalue weighted by Gasteiger charge is 2.16. The summed E-state index contributed by atoms with van der Waals surface area (Å²) in [6, 6.07) is 3.34. The molecule has 0 amide bonds.